The molecule has 0 aromatic rings. The normalized spacial score (nSPS) is 23.6. The van der Waals surface area contributed by atoms with Crippen LogP contribution in [0.3, 0.4) is 0 Å². The van der Waals surface area contributed by atoms with E-state index in [1.165, 1.54) is 5.57 Å². The van der Waals surface area contributed by atoms with Gasteiger partial charge in [0.15, 0.2) is 0 Å². The Morgan fingerprint density at radius 2 is 2.12 bits per heavy atom. The van der Waals surface area contributed by atoms with Crippen LogP contribution in [0.2, 0.25) is 0 Å². The Morgan fingerprint density at radius 1 is 1.44 bits per heavy atom. The molecule has 0 spiro atoms. The van der Waals surface area contributed by atoms with Crippen molar-refractivity contribution in [2.45, 2.75) is 45.6 Å². The minimum absolute atomic E-state index is 0.0202. The summed E-state index contributed by atoms with van der Waals surface area (Å²) in [6.45, 7) is 7.66. The van der Waals surface area contributed by atoms with Crippen molar-refractivity contribution in [3.8, 4) is 0 Å². The van der Waals surface area contributed by atoms with Crippen molar-refractivity contribution >= 4 is 5.97 Å². The Balaban J connectivity index is 2.08. The standard InChI is InChI=1S/C13H21NO2/c1-12(2,3)16-11(15)13(6-7-13)10-4-8-14-9-5-10/h4,14H,5-9H2,1-3H3. The van der Waals surface area contributed by atoms with E-state index in [2.05, 4.69) is 11.4 Å². The molecule has 1 aliphatic heterocycles. The lowest BCUT2D eigenvalue weighted by Gasteiger charge is -2.26. The minimum Gasteiger partial charge on any atom is -0.459 e. The highest BCUT2D eigenvalue weighted by atomic mass is 16.6. The van der Waals surface area contributed by atoms with Crippen molar-refractivity contribution in [2.24, 2.45) is 5.41 Å². The van der Waals surface area contributed by atoms with Crippen LogP contribution in [0.15, 0.2) is 11.6 Å². The fraction of sp³-hybridized carbons (Fsp3) is 0.769. The van der Waals surface area contributed by atoms with Gasteiger partial charge in [0.05, 0.1) is 5.41 Å². The third-order valence-corrected chi connectivity index (χ3v) is 3.22. The summed E-state index contributed by atoms with van der Waals surface area (Å²) >= 11 is 0. The number of ether oxygens (including phenoxy) is 1. The van der Waals surface area contributed by atoms with Gasteiger partial charge < -0.3 is 10.1 Å². The number of esters is 1. The quantitative estimate of drug-likeness (QED) is 0.575. The number of rotatable bonds is 2. The Morgan fingerprint density at radius 3 is 2.56 bits per heavy atom. The van der Waals surface area contributed by atoms with Crippen LogP contribution in [0.4, 0.5) is 0 Å². The van der Waals surface area contributed by atoms with Gasteiger partial charge in [-0.1, -0.05) is 11.6 Å². The van der Waals surface area contributed by atoms with E-state index in [1.54, 1.807) is 0 Å². The maximum Gasteiger partial charge on any atom is 0.316 e. The predicted molar refractivity (Wildman–Crippen MR) is 63.1 cm³/mol. The van der Waals surface area contributed by atoms with Gasteiger partial charge in [0.2, 0.25) is 0 Å². The van der Waals surface area contributed by atoms with Crippen LogP contribution in [0.25, 0.3) is 0 Å². The topological polar surface area (TPSA) is 38.3 Å². The zero-order chi connectivity index (χ0) is 11.8. The summed E-state index contributed by atoms with van der Waals surface area (Å²) in [6, 6.07) is 0. The van der Waals surface area contributed by atoms with E-state index >= 15 is 0 Å². The van der Waals surface area contributed by atoms with Crippen LogP contribution >= 0.6 is 0 Å². The van der Waals surface area contributed by atoms with E-state index in [9.17, 15) is 4.79 Å². The Labute approximate surface area is 97.2 Å². The van der Waals surface area contributed by atoms with Crippen LogP contribution in [0, 0.1) is 5.41 Å². The molecule has 0 radical (unpaired) electrons. The molecule has 0 bridgehead atoms. The third-order valence-electron chi connectivity index (χ3n) is 3.22. The first-order valence-corrected chi connectivity index (χ1v) is 6.08. The summed E-state index contributed by atoms with van der Waals surface area (Å²) < 4.78 is 5.52. The SMILES string of the molecule is CC(C)(C)OC(=O)C1(C2=CCNCC2)CC1. The fourth-order valence-corrected chi connectivity index (χ4v) is 2.21. The molecule has 0 aromatic heterocycles. The number of nitrogens with one attached hydrogen (secondary N) is 1. The maximum atomic E-state index is 12.2. The van der Waals surface area contributed by atoms with Gasteiger partial charge in [-0.3, -0.25) is 4.79 Å². The number of hydrogen-bond donors (Lipinski definition) is 1. The number of hydrogen-bond acceptors (Lipinski definition) is 3. The van der Waals surface area contributed by atoms with Crippen molar-refractivity contribution in [2.75, 3.05) is 13.1 Å². The molecule has 0 aromatic carbocycles. The zero-order valence-electron chi connectivity index (χ0n) is 10.4. The second-order valence-electron chi connectivity index (χ2n) is 5.77. The lowest BCUT2D eigenvalue weighted by Crippen LogP contribution is -2.33. The summed E-state index contributed by atoms with van der Waals surface area (Å²) in [6.07, 6.45) is 5.08. The summed E-state index contributed by atoms with van der Waals surface area (Å²) in [5.74, 6) is -0.0202. The molecule has 3 heteroatoms. The van der Waals surface area contributed by atoms with Gasteiger partial charge in [-0.15, -0.1) is 0 Å². The Hall–Kier alpha value is -0.830. The first kappa shape index (κ1) is 11.6. The molecule has 0 amide bonds. The highest BCUT2D eigenvalue weighted by Crippen LogP contribution is 2.54. The molecular formula is C13H21NO2. The Kier molecular flexibility index (Phi) is 2.82. The monoisotopic (exact) mass is 223 g/mol. The van der Waals surface area contributed by atoms with Crippen molar-refractivity contribution in [3.63, 3.8) is 0 Å². The van der Waals surface area contributed by atoms with E-state index < -0.39 is 0 Å². The predicted octanol–water partition coefficient (Wildman–Crippen LogP) is 2.03. The molecule has 2 aliphatic rings. The molecule has 0 unspecified atom stereocenters. The van der Waals surface area contributed by atoms with E-state index in [4.69, 9.17) is 4.74 Å². The van der Waals surface area contributed by atoms with Crippen molar-refractivity contribution in [3.05, 3.63) is 11.6 Å². The number of carbonyl (C=O) groups excluding carboxylic acids is 1. The fourth-order valence-electron chi connectivity index (χ4n) is 2.21. The van der Waals surface area contributed by atoms with Gasteiger partial charge in [-0.05, 0) is 46.6 Å². The third kappa shape index (κ3) is 2.29. The van der Waals surface area contributed by atoms with E-state index in [0.717, 1.165) is 32.4 Å². The smallest absolute Gasteiger partial charge is 0.316 e. The summed E-state index contributed by atoms with van der Waals surface area (Å²) in [5.41, 5.74) is 0.663. The van der Waals surface area contributed by atoms with Gasteiger partial charge in [0.1, 0.15) is 5.60 Å². The molecule has 1 N–H and O–H groups in total. The molecule has 0 saturated heterocycles. The number of carbonyl (C=O) groups is 1. The van der Waals surface area contributed by atoms with Gasteiger partial charge in [0, 0.05) is 6.54 Å². The summed E-state index contributed by atoms with van der Waals surface area (Å²) in [7, 11) is 0. The van der Waals surface area contributed by atoms with Crippen molar-refractivity contribution in [1.82, 2.24) is 5.32 Å². The Bertz CT molecular complexity index is 321. The zero-order valence-corrected chi connectivity index (χ0v) is 10.4. The highest BCUT2D eigenvalue weighted by molar-refractivity contribution is 5.84. The average Bonchev–Trinajstić information content (AvgIpc) is 2.97. The molecule has 2 rings (SSSR count). The molecule has 1 saturated carbocycles. The van der Waals surface area contributed by atoms with Crippen LogP contribution in [-0.2, 0) is 9.53 Å². The first-order chi connectivity index (χ1) is 7.44. The molecule has 1 heterocycles. The highest BCUT2D eigenvalue weighted by Gasteiger charge is 2.54. The minimum atomic E-state index is -0.375. The van der Waals surface area contributed by atoms with E-state index in [-0.39, 0.29) is 17.0 Å². The second kappa shape index (κ2) is 3.88. The molecule has 90 valence electrons. The van der Waals surface area contributed by atoms with E-state index in [0.29, 0.717) is 0 Å². The van der Waals surface area contributed by atoms with Crippen LogP contribution in [0.5, 0.6) is 0 Å². The summed E-state index contributed by atoms with van der Waals surface area (Å²) in [5, 5.41) is 3.27. The van der Waals surface area contributed by atoms with Gasteiger partial charge in [-0.25, -0.2) is 0 Å². The van der Waals surface area contributed by atoms with Gasteiger partial charge in [0.25, 0.3) is 0 Å². The first-order valence-electron chi connectivity index (χ1n) is 6.08. The molecule has 16 heavy (non-hydrogen) atoms. The maximum absolute atomic E-state index is 12.2. The van der Waals surface area contributed by atoms with E-state index in [1.807, 2.05) is 20.8 Å². The molecule has 1 aliphatic carbocycles. The van der Waals surface area contributed by atoms with Crippen LogP contribution in [0.1, 0.15) is 40.0 Å². The second-order valence-corrected chi connectivity index (χ2v) is 5.77. The molecule has 0 atom stereocenters. The lowest BCUT2D eigenvalue weighted by atomic mass is 9.91. The molecular weight excluding hydrogens is 202 g/mol. The van der Waals surface area contributed by atoms with Crippen LogP contribution in [-0.4, -0.2) is 24.7 Å². The van der Waals surface area contributed by atoms with Crippen LogP contribution < -0.4 is 5.32 Å². The van der Waals surface area contributed by atoms with Crippen molar-refractivity contribution in [1.29, 1.82) is 0 Å². The summed E-state index contributed by atoms with van der Waals surface area (Å²) in [4.78, 5) is 12.2. The largest absolute Gasteiger partial charge is 0.459 e. The van der Waals surface area contributed by atoms with Crippen molar-refractivity contribution < 1.29 is 9.53 Å². The molecule has 1 fully saturated rings. The van der Waals surface area contributed by atoms with Gasteiger partial charge in [-0.2, -0.15) is 0 Å². The van der Waals surface area contributed by atoms with Gasteiger partial charge >= 0.3 is 5.97 Å². The lowest BCUT2D eigenvalue weighted by molar-refractivity contribution is -0.160. The molecule has 3 nitrogen and oxygen atoms in total. The average molecular weight is 223 g/mol.